The van der Waals surface area contributed by atoms with Crippen molar-refractivity contribution in [1.29, 1.82) is 0 Å². The molecule has 0 spiro atoms. The third-order valence-corrected chi connectivity index (χ3v) is 3.03. The summed E-state index contributed by atoms with van der Waals surface area (Å²) in [5, 5.41) is 18.3. The molecule has 0 radical (unpaired) electrons. The van der Waals surface area contributed by atoms with Gasteiger partial charge in [-0.15, -0.1) is 0 Å². The van der Waals surface area contributed by atoms with Crippen LogP contribution in [0.15, 0.2) is 0 Å². The van der Waals surface area contributed by atoms with Crippen LogP contribution in [0.2, 0.25) is 0 Å². The molecule has 0 aromatic heterocycles. The fourth-order valence-electron chi connectivity index (χ4n) is 1.79. The molecule has 0 amide bonds. The molecule has 0 aromatic carbocycles. The molecular formula is C10H18O4. The number of epoxide rings is 2. The van der Waals surface area contributed by atoms with E-state index in [1.807, 2.05) is 0 Å². The van der Waals surface area contributed by atoms with Gasteiger partial charge >= 0.3 is 0 Å². The highest BCUT2D eigenvalue weighted by Gasteiger charge is 2.44. The zero-order chi connectivity index (χ0) is 10.0. The maximum Gasteiger partial charge on any atom is 0.107 e. The van der Waals surface area contributed by atoms with Crippen molar-refractivity contribution in [3.8, 4) is 0 Å². The first-order chi connectivity index (χ1) is 6.76. The van der Waals surface area contributed by atoms with Crippen LogP contribution in [0.5, 0.6) is 0 Å². The second-order valence-corrected chi connectivity index (χ2v) is 4.28. The van der Waals surface area contributed by atoms with E-state index in [2.05, 4.69) is 0 Å². The van der Waals surface area contributed by atoms with Crippen molar-refractivity contribution in [3.05, 3.63) is 0 Å². The summed E-state index contributed by atoms with van der Waals surface area (Å²) >= 11 is 0. The number of aliphatic hydroxyl groups excluding tert-OH is 2. The van der Waals surface area contributed by atoms with Crippen molar-refractivity contribution in [3.63, 3.8) is 0 Å². The van der Waals surface area contributed by atoms with Crippen LogP contribution in [0.1, 0.15) is 25.7 Å². The lowest BCUT2D eigenvalue weighted by atomic mass is 9.96. The highest BCUT2D eigenvalue weighted by molar-refractivity contribution is 4.93. The summed E-state index contributed by atoms with van der Waals surface area (Å²) in [5.41, 5.74) is -0.0292. The van der Waals surface area contributed by atoms with Gasteiger partial charge in [-0.3, -0.25) is 0 Å². The standard InChI is InChI=1S/C10H18O4/c11-5-1-3-10(7-14-10)4-2-8(12)9-6-13-9/h8-9,11-12H,1-7H2. The summed E-state index contributed by atoms with van der Waals surface area (Å²) in [6, 6.07) is 0. The van der Waals surface area contributed by atoms with Crippen LogP contribution >= 0.6 is 0 Å². The largest absolute Gasteiger partial charge is 0.396 e. The molecule has 4 heteroatoms. The summed E-state index contributed by atoms with van der Waals surface area (Å²) in [6.07, 6.45) is 3.07. The number of hydrogen-bond donors (Lipinski definition) is 2. The van der Waals surface area contributed by atoms with Crippen LogP contribution in [0.4, 0.5) is 0 Å². The summed E-state index contributed by atoms with van der Waals surface area (Å²) < 4.78 is 10.4. The molecule has 0 aliphatic carbocycles. The zero-order valence-corrected chi connectivity index (χ0v) is 8.32. The van der Waals surface area contributed by atoms with Crippen molar-refractivity contribution < 1.29 is 19.7 Å². The molecule has 2 heterocycles. The molecule has 0 aromatic rings. The van der Waals surface area contributed by atoms with Crippen LogP contribution in [-0.2, 0) is 9.47 Å². The number of hydrogen-bond acceptors (Lipinski definition) is 4. The Hall–Kier alpha value is -0.160. The van der Waals surface area contributed by atoms with Crippen molar-refractivity contribution in [2.24, 2.45) is 0 Å². The van der Waals surface area contributed by atoms with Gasteiger partial charge in [0.25, 0.3) is 0 Å². The number of ether oxygens (including phenoxy) is 2. The lowest BCUT2D eigenvalue weighted by Crippen LogP contribution is -2.20. The quantitative estimate of drug-likeness (QED) is 0.573. The van der Waals surface area contributed by atoms with Gasteiger partial charge in [0.1, 0.15) is 6.10 Å². The molecule has 0 saturated carbocycles. The van der Waals surface area contributed by atoms with Crippen LogP contribution in [0.3, 0.4) is 0 Å². The van der Waals surface area contributed by atoms with E-state index in [0.29, 0.717) is 6.61 Å². The van der Waals surface area contributed by atoms with Crippen LogP contribution in [0.25, 0.3) is 0 Å². The second kappa shape index (κ2) is 4.14. The molecule has 3 atom stereocenters. The van der Waals surface area contributed by atoms with Gasteiger partial charge in [-0.2, -0.15) is 0 Å². The Morgan fingerprint density at radius 1 is 1.43 bits per heavy atom. The molecule has 82 valence electrons. The SMILES string of the molecule is OCCCC1(CCC(O)C2CO2)CO1. The Balaban J connectivity index is 1.63. The van der Waals surface area contributed by atoms with Crippen molar-refractivity contribution in [2.75, 3.05) is 19.8 Å². The lowest BCUT2D eigenvalue weighted by Gasteiger charge is -2.13. The minimum absolute atomic E-state index is 0.0292. The first-order valence-electron chi connectivity index (χ1n) is 5.30. The maximum atomic E-state index is 9.58. The van der Waals surface area contributed by atoms with E-state index < -0.39 is 0 Å². The van der Waals surface area contributed by atoms with Gasteiger partial charge in [-0.25, -0.2) is 0 Å². The maximum absolute atomic E-state index is 9.58. The molecule has 14 heavy (non-hydrogen) atoms. The highest BCUT2D eigenvalue weighted by atomic mass is 16.6. The number of aliphatic hydroxyl groups is 2. The predicted molar refractivity (Wildman–Crippen MR) is 50.0 cm³/mol. The van der Waals surface area contributed by atoms with E-state index in [-0.39, 0.29) is 24.4 Å². The Kier molecular flexibility index (Phi) is 3.07. The van der Waals surface area contributed by atoms with E-state index in [9.17, 15) is 5.11 Å². The lowest BCUT2D eigenvalue weighted by molar-refractivity contribution is 0.111. The van der Waals surface area contributed by atoms with Crippen molar-refractivity contribution in [1.82, 2.24) is 0 Å². The molecule has 2 fully saturated rings. The Labute approximate surface area is 83.8 Å². The van der Waals surface area contributed by atoms with E-state index in [1.165, 1.54) is 0 Å². The summed E-state index contributed by atoms with van der Waals surface area (Å²) in [6.45, 7) is 1.70. The van der Waals surface area contributed by atoms with E-state index >= 15 is 0 Å². The van der Waals surface area contributed by atoms with Crippen LogP contribution < -0.4 is 0 Å². The zero-order valence-electron chi connectivity index (χ0n) is 8.32. The molecule has 0 bridgehead atoms. The van der Waals surface area contributed by atoms with Gasteiger partial charge < -0.3 is 19.7 Å². The first kappa shape index (κ1) is 10.4. The molecule has 2 rings (SSSR count). The number of rotatable bonds is 7. The van der Waals surface area contributed by atoms with E-state index in [1.54, 1.807) is 0 Å². The van der Waals surface area contributed by atoms with Gasteiger partial charge in [-0.1, -0.05) is 0 Å². The minimum atomic E-state index is -0.329. The fraction of sp³-hybridized carbons (Fsp3) is 1.00. The average molecular weight is 202 g/mol. The average Bonchev–Trinajstić information content (AvgIpc) is 3.04. The van der Waals surface area contributed by atoms with Gasteiger partial charge in [0.05, 0.1) is 24.9 Å². The fourth-order valence-corrected chi connectivity index (χ4v) is 1.79. The Bertz CT molecular complexity index is 187. The summed E-state index contributed by atoms with van der Waals surface area (Å²) in [7, 11) is 0. The molecule has 4 nitrogen and oxygen atoms in total. The van der Waals surface area contributed by atoms with Gasteiger partial charge in [-0.05, 0) is 25.7 Å². The van der Waals surface area contributed by atoms with Crippen LogP contribution in [0, 0.1) is 0 Å². The molecule has 3 unspecified atom stereocenters. The second-order valence-electron chi connectivity index (χ2n) is 4.28. The monoisotopic (exact) mass is 202 g/mol. The Morgan fingerprint density at radius 2 is 2.14 bits per heavy atom. The van der Waals surface area contributed by atoms with Gasteiger partial charge in [0.15, 0.2) is 0 Å². The van der Waals surface area contributed by atoms with Crippen LogP contribution in [-0.4, -0.2) is 47.8 Å². The molecule has 2 N–H and O–H groups in total. The molecule has 2 aliphatic rings. The van der Waals surface area contributed by atoms with E-state index in [4.69, 9.17) is 14.6 Å². The molecular weight excluding hydrogens is 184 g/mol. The van der Waals surface area contributed by atoms with Crippen molar-refractivity contribution in [2.45, 2.75) is 43.5 Å². The van der Waals surface area contributed by atoms with E-state index in [0.717, 1.165) is 32.3 Å². The first-order valence-corrected chi connectivity index (χ1v) is 5.30. The minimum Gasteiger partial charge on any atom is -0.396 e. The molecule has 2 aliphatic heterocycles. The predicted octanol–water partition coefficient (Wildman–Crippen LogP) is 0.0678. The summed E-state index contributed by atoms with van der Waals surface area (Å²) in [5.74, 6) is 0. The Morgan fingerprint density at radius 3 is 2.64 bits per heavy atom. The third-order valence-electron chi connectivity index (χ3n) is 3.03. The highest BCUT2D eigenvalue weighted by Crippen LogP contribution is 2.37. The normalized spacial score (nSPS) is 36.9. The molecule has 2 saturated heterocycles. The smallest absolute Gasteiger partial charge is 0.107 e. The summed E-state index contributed by atoms with van der Waals surface area (Å²) in [4.78, 5) is 0. The topological polar surface area (TPSA) is 65.5 Å². The van der Waals surface area contributed by atoms with Gasteiger partial charge in [0.2, 0.25) is 0 Å². The van der Waals surface area contributed by atoms with Gasteiger partial charge in [0, 0.05) is 6.61 Å². The van der Waals surface area contributed by atoms with Crippen molar-refractivity contribution >= 4 is 0 Å². The third kappa shape index (κ3) is 2.67.